The van der Waals surface area contributed by atoms with Gasteiger partial charge in [0, 0.05) is 0 Å². The summed E-state index contributed by atoms with van der Waals surface area (Å²) in [4.78, 5) is 24.1. The maximum Gasteiger partial charge on any atom is 0.339 e. The van der Waals surface area contributed by atoms with Gasteiger partial charge in [0.15, 0.2) is 17.6 Å². The summed E-state index contributed by atoms with van der Waals surface area (Å²) >= 11 is 0. The van der Waals surface area contributed by atoms with Crippen molar-refractivity contribution in [2.45, 2.75) is 19.6 Å². The van der Waals surface area contributed by atoms with Gasteiger partial charge in [-0.3, -0.25) is 4.79 Å². The van der Waals surface area contributed by atoms with Crippen LogP contribution in [0.2, 0.25) is 0 Å². The number of esters is 1. The van der Waals surface area contributed by atoms with Gasteiger partial charge in [-0.05, 0) is 37.3 Å². The summed E-state index contributed by atoms with van der Waals surface area (Å²) in [7, 11) is 2.97. The number of methoxy groups -OCH3 is 2. The van der Waals surface area contributed by atoms with Gasteiger partial charge < -0.3 is 23.9 Å². The number of amides is 1. The number of furan rings is 1. The molecule has 2 rings (SSSR count). The molecule has 0 unspecified atom stereocenters. The van der Waals surface area contributed by atoms with E-state index in [1.54, 1.807) is 18.2 Å². The van der Waals surface area contributed by atoms with E-state index in [0.29, 0.717) is 17.3 Å². The van der Waals surface area contributed by atoms with Crippen molar-refractivity contribution < 1.29 is 28.2 Å². The molecule has 0 radical (unpaired) electrons. The van der Waals surface area contributed by atoms with Crippen molar-refractivity contribution >= 4 is 11.9 Å². The molecule has 1 aromatic heterocycles. The molecule has 0 saturated heterocycles. The zero-order chi connectivity index (χ0) is 17.5. The molecule has 1 heterocycles. The molecule has 1 N–H and O–H groups in total. The second-order valence-corrected chi connectivity index (χ2v) is 4.91. The quantitative estimate of drug-likeness (QED) is 0.781. The second-order valence-electron chi connectivity index (χ2n) is 4.91. The van der Waals surface area contributed by atoms with E-state index in [9.17, 15) is 9.59 Å². The van der Waals surface area contributed by atoms with Crippen molar-refractivity contribution in [2.24, 2.45) is 0 Å². The molecule has 2 aromatic rings. The van der Waals surface area contributed by atoms with Gasteiger partial charge >= 0.3 is 5.97 Å². The van der Waals surface area contributed by atoms with Crippen molar-refractivity contribution in [3.63, 3.8) is 0 Å². The average molecular weight is 333 g/mol. The van der Waals surface area contributed by atoms with Crippen molar-refractivity contribution in [3.8, 4) is 11.5 Å². The van der Waals surface area contributed by atoms with Crippen molar-refractivity contribution in [3.05, 3.63) is 47.9 Å². The Kier molecular flexibility index (Phi) is 5.83. The Morgan fingerprint density at radius 3 is 2.54 bits per heavy atom. The highest BCUT2D eigenvalue weighted by molar-refractivity contribution is 5.92. The maximum absolute atomic E-state index is 12.1. The molecule has 0 bridgehead atoms. The van der Waals surface area contributed by atoms with Crippen LogP contribution in [0.3, 0.4) is 0 Å². The van der Waals surface area contributed by atoms with E-state index in [0.717, 1.165) is 0 Å². The van der Waals surface area contributed by atoms with E-state index in [1.807, 2.05) is 0 Å². The van der Waals surface area contributed by atoms with Gasteiger partial charge in [-0.2, -0.15) is 0 Å². The molecular weight excluding hydrogens is 314 g/mol. The van der Waals surface area contributed by atoms with Crippen LogP contribution in [-0.4, -0.2) is 32.2 Å². The van der Waals surface area contributed by atoms with Gasteiger partial charge in [-0.25, -0.2) is 4.79 Å². The molecule has 1 aromatic carbocycles. The molecular formula is C17H19NO6. The average Bonchev–Trinajstić information content (AvgIpc) is 3.12. The Morgan fingerprint density at radius 1 is 1.17 bits per heavy atom. The monoisotopic (exact) mass is 333 g/mol. The summed E-state index contributed by atoms with van der Waals surface area (Å²) in [6.07, 6.45) is 0.572. The molecule has 128 valence electrons. The molecule has 24 heavy (non-hydrogen) atoms. The van der Waals surface area contributed by atoms with Crippen LogP contribution in [0.15, 0.2) is 41.0 Å². The Balaban J connectivity index is 1.94. The van der Waals surface area contributed by atoms with Crippen LogP contribution in [0.25, 0.3) is 0 Å². The predicted molar refractivity (Wildman–Crippen MR) is 85.0 cm³/mol. The minimum absolute atomic E-state index is 0.226. The molecule has 0 aliphatic rings. The van der Waals surface area contributed by atoms with E-state index in [4.69, 9.17) is 18.6 Å². The number of carbonyl (C=O) groups excluding carboxylic acids is 2. The minimum atomic E-state index is -0.944. The zero-order valence-electron chi connectivity index (χ0n) is 13.7. The Bertz CT molecular complexity index is 695. The summed E-state index contributed by atoms with van der Waals surface area (Å²) in [5.74, 6) is 0.471. The first-order chi connectivity index (χ1) is 11.5. The summed E-state index contributed by atoms with van der Waals surface area (Å²) in [5, 5.41) is 2.63. The first kappa shape index (κ1) is 17.4. The molecule has 7 nitrogen and oxygen atoms in total. The molecule has 0 aliphatic heterocycles. The third-order valence-electron chi connectivity index (χ3n) is 3.29. The van der Waals surface area contributed by atoms with Crippen LogP contribution in [0.5, 0.6) is 11.5 Å². The molecule has 0 fully saturated rings. The van der Waals surface area contributed by atoms with Crippen LogP contribution in [0, 0.1) is 0 Å². The van der Waals surface area contributed by atoms with Crippen LogP contribution >= 0.6 is 0 Å². The first-order valence-corrected chi connectivity index (χ1v) is 7.28. The third-order valence-corrected chi connectivity index (χ3v) is 3.29. The van der Waals surface area contributed by atoms with Gasteiger partial charge in [0.1, 0.15) is 5.76 Å². The molecule has 1 amide bonds. The zero-order valence-corrected chi connectivity index (χ0v) is 13.7. The number of ether oxygens (including phenoxy) is 3. The van der Waals surface area contributed by atoms with Crippen LogP contribution in [-0.2, 0) is 16.1 Å². The Hall–Kier alpha value is -2.96. The summed E-state index contributed by atoms with van der Waals surface area (Å²) < 4.78 is 20.5. The number of nitrogens with one attached hydrogen (secondary N) is 1. The summed E-state index contributed by atoms with van der Waals surface area (Å²) in [6.45, 7) is 1.72. The standard InChI is InChI=1S/C17H19NO6/c1-11(16(19)18-10-13-5-4-8-23-13)24-17(20)12-6-7-14(21-2)15(9-12)22-3/h4-9,11H,10H2,1-3H3,(H,18,19)/t11-/m0/s1. The fraction of sp³-hybridized carbons (Fsp3) is 0.294. The lowest BCUT2D eigenvalue weighted by atomic mass is 10.2. The maximum atomic E-state index is 12.1. The van der Waals surface area contributed by atoms with Gasteiger partial charge in [0.25, 0.3) is 5.91 Å². The molecule has 0 spiro atoms. The number of hydrogen-bond acceptors (Lipinski definition) is 6. The lowest BCUT2D eigenvalue weighted by Crippen LogP contribution is -2.35. The lowest BCUT2D eigenvalue weighted by Gasteiger charge is -2.14. The smallest absolute Gasteiger partial charge is 0.339 e. The van der Waals surface area contributed by atoms with E-state index in [2.05, 4.69) is 5.32 Å². The highest BCUT2D eigenvalue weighted by atomic mass is 16.5. The Labute approximate surface area is 139 Å². The third kappa shape index (κ3) is 4.28. The van der Waals surface area contributed by atoms with Crippen molar-refractivity contribution in [1.29, 1.82) is 0 Å². The van der Waals surface area contributed by atoms with Gasteiger partial charge in [-0.1, -0.05) is 0 Å². The van der Waals surface area contributed by atoms with E-state index in [1.165, 1.54) is 39.5 Å². The normalized spacial score (nSPS) is 11.5. The van der Waals surface area contributed by atoms with Crippen molar-refractivity contribution in [1.82, 2.24) is 5.32 Å². The van der Waals surface area contributed by atoms with E-state index < -0.39 is 18.0 Å². The molecule has 1 atom stereocenters. The van der Waals surface area contributed by atoms with Crippen LogP contribution < -0.4 is 14.8 Å². The summed E-state index contributed by atoms with van der Waals surface area (Å²) in [5.41, 5.74) is 0.262. The highest BCUT2D eigenvalue weighted by Crippen LogP contribution is 2.27. The number of hydrogen-bond donors (Lipinski definition) is 1. The highest BCUT2D eigenvalue weighted by Gasteiger charge is 2.20. The fourth-order valence-corrected chi connectivity index (χ4v) is 1.98. The lowest BCUT2D eigenvalue weighted by molar-refractivity contribution is -0.129. The van der Waals surface area contributed by atoms with Crippen molar-refractivity contribution in [2.75, 3.05) is 14.2 Å². The first-order valence-electron chi connectivity index (χ1n) is 7.28. The van der Waals surface area contributed by atoms with Crippen LogP contribution in [0.4, 0.5) is 0 Å². The number of carbonyl (C=O) groups is 2. The summed E-state index contributed by atoms with van der Waals surface area (Å²) in [6, 6.07) is 8.09. The molecule has 0 saturated carbocycles. The SMILES string of the molecule is COc1ccc(C(=O)O[C@@H](C)C(=O)NCc2ccco2)cc1OC. The minimum Gasteiger partial charge on any atom is -0.493 e. The van der Waals surface area contributed by atoms with Gasteiger partial charge in [0.05, 0.1) is 32.6 Å². The van der Waals surface area contributed by atoms with Gasteiger partial charge in [0.2, 0.25) is 0 Å². The van der Waals surface area contributed by atoms with E-state index >= 15 is 0 Å². The number of rotatable bonds is 7. The molecule has 7 heteroatoms. The van der Waals surface area contributed by atoms with E-state index in [-0.39, 0.29) is 12.1 Å². The van der Waals surface area contributed by atoms with Crippen LogP contribution in [0.1, 0.15) is 23.0 Å². The Morgan fingerprint density at radius 2 is 1.92 bits per heavy atom. The number of benzene rings is 1. The second kappa shape index (κ2) is 8.05. The topological polar surface area (TPSA) is 87.0 Å². The molecule has 0 aliphatic carbocycles. The fourth-order valence-electron chi connectivity index (χ4n) is 1.98. The predicted octanol–water partition coefficient (Wildman–Crippen LogP) is 2.16. The van der Waals surface area contributed by atoms with Gasteiger partial charge in [-0.15, -0.1) is 0 Å². The largest absolute Gasteiger partial charge is 0.493 e.